The standard InChI is InChI=1S/C17H34N2/c1-5-7-9-11-13-18-14-15-19(16(3)4)17(18)12-10-8-6-2/h14-17H,5-13H2,1-4H3. The first-order valence-corrected chi connectivity index (χ1v) is 8.42. The number of rotatable bonds is 10. The van der Waals surface area contributed by atoms with Gasteiger partial charge in [0.25, 0.3) is 0 Å². The van der Waals surface area contributed by atoms with Crippen molar-refractivity contribution in [2.45, 2.75) is 91.3 Å². The molecule has 1 aliphatic rings. The zero-order chi connectivity index (χ0) is 14.1. The minimum Gasteiger partial charge on any atom is -0.356 e. The van der Waals surface area contributed by atoms with Gasteiger partial charge in [-0.3, -0.25) is 0 Å². The normalized spacial score (nSPS) is 18.9. The molecule has 19 heavy (non-hydrogen) atoms. The highest BCUT2D eigenvalue weighted by Gasteiger charge is 2.26. The van der Waals surface area contributed by atoms with Crippen LogP contribution in [0.15, 0.2) is 12.4 Å². The molecule has 112 valence electrons. The summed E-state index contributed by atoms with van der Waals surface area (Å²) in [7, 11) is 0. The summed E-state index contributed by atoms with van der Waals surface area (Å²) in [5.74, 6) is 0. The zero-order valence-corrected chi connectivity index (χ0v) is 13.6. The van der Waals surface area contributed by atoms with Gasteiger partial charge in [0, 0.05) is 25.0 Å². The molecule has 1 atom stereocenters. The monoisotopic (exact) mass is 266 g/mol. The van der Waals surface area contributed by atoms with Gasteiger partial charge in [0.1, 0.15) is 6.17 Å². The van der Waals surface area contributed by atoms with Crippen LogP contribution < -0.4 is 0 Å². The SMILES string of the molecule is CCCCCCN1C=CN(C(C)C)C1CCCCC. The average Bonchev–Trinajstić information content (AvgIpc) is 2.78. The summed E-state index contributed by atoms with van der Waals surface area (Å²) in [6, 6.07) is 0.614. The van der Waals surface area contributed by atoms with Crippen molar-refractivity contribution in [1.82, 2.24) is 9.80 Å². The Balaban J connectivity index is 2.41. The van der Waals surface area contributed by atoms with Gasteiger partial charge in [-0.05, 0) is 33.1 Å². The van der Waals surface area contributed by atoms with Crippen molar-refractivity contribution in [1.29, 1.82) is 0 Å². The van der Waals surface area contributed by atoms with E-state index in [2.05, 4.69) is 49.9 Å². The lowest BCUT2D eigenvalue weighted by Crippen LogP contribution is -2.42. The van der Waals surface area contributed by atoms with Crippen LogP contribution in [0, 0.1) is 0 Å². The van der Waals surface area contributed by atoms with Crippen molar-refractivity contribution >= 4 is 0 Å². The molecule has 1 heterocycles. The summed E-state index contributed by atoms with van der Waals surface area (Å²) in [6.45, 7) is 10.4. The highest BCUT2D eigenvalue weighted by atomic mass is 15.4. The first-order valence-electron chi connectivity index (χ1n) is 8.42. The lowest BCUT2D eigenvalue weighted by atomic mass is 10.1. The molecule has 0 radical (unpaired) electrons. The van der Waals surface area contributed by atoms with Crippen LogP contribution in [0.3, 0.4) is 0 Å². The molecule has 0 aromatic heterocycles. The molecule has 0 aliphatic carbocycles. The van der Waals surface area contributed by atoms with Crippen LogP contribution in [-0.4, -0.2) is 28.6 Å². The molecule has 0 saturated carbocycles. The van der Waals surface area contributed by atoms with Gasteiger partial charge >= 0.3 is 0 Å². The molecule has 0 spiro atoms. The van der Waals surface area contributed by atoms with Gasteiger partial charge < -0.3 is 9.80 Å². The fourth-order valence-electron chi connectivity index (χ4n) is 2.89. The van der Waals surface area contributed by atoms with Gasteiger partial charge in [0.2, 0.25) is 0 Å². The summed E-state index contributed by atoms with van der Waals surface area (Å²) in [4.78, 5) is 5.11. The summed E-state index contributed by atoms with van der Waals surface area (Å²) in [6.07, 6.45) is 16.0. The van der Waals surface area contributed by atoms with E-state index in [-0.39, 0.29) is 0 Å². The summed E-state index contributed by atoms with van der Waals surface area (Å²) in [5.41, 5.74) is 0. The minimum atomic E-state index is 0.614. The summed E-state index contributed by atoms with van der Waals surface area (Å²) < 4.78 is 0. The Kier molecular flexibility index (Phi) is 8.00. The van der Waals surface area contributed by atoms with Gasteiger partial charge in [-0.1, -0.05) is 46.0 Å². The van der Waals surface area contributed by atoms with Crippen LogP contribution in [0.25, 0.3) is 0 Å². The predicted molar refractivity (Wildman–Crippen MR) is 84.9 cm³/mol. The molecular weight excluding hydrogens is 232 g/mol. The highest BCUT2D eigenvalue weighted by Crippen LogP contribution is 2.24. The zero-order valence-electron chi connectivity index (χ0n) is 13.6. The third-order valence-corrected chi connectivity index (χ3v) is 4.09. The molecule has 0 aromatic rings. The molecule has 2 nitrogen and oxygen atoms in total. The molecule has 0 fully saturated rings. The second-order valence-corrected chi connectivity index (χ2v) is 6.11. The van der Waals surface area contributed by atoms with Crippen LogP contribution in [-0.2, 0) is 0 Å². The largest absolute Gasteiger partial charge is 0.356 e. The van der Waals surface area contributed by atoms with Crippen LogP contribution >= 0.6 is 0 Å². The van der Waals surface area contributed by atoms with Crippen LogP contribution in [0.5, 0.6) is 0 Å². The second kappa shape index (κ2) is 9.28. The first-order chi connectivity index (χ1) is 9.20. The predicted octanol–water partition coefficient (Wildman–Crippen LogP) is 4.97. The fourth-order valence-corrected chi connectivity index (χ4v) is 2.89. The molecule has 0 amide bonds. The Morgan fingerprint density at radius 2 is 1.58 bits per heavy atom. The lowest BCUT2D eigenvalue weighted by molar-refractivity contribution is 0.114. The smallest absolute Gasteiger partial charge is 0.101 e. The Morgan fingerprint density at radius 1 is 0.895 bits per heavy atom. The maximum atomic E-state index is 2.57. The highest BCUT2D eigenvalue weighted by molar-refractivity contribution is 4.98. The maximum absolute atomic E-state index is 2.57. The van der Waals surface area contributed by atoms with Crippen molar-refractivity contribution in [3.8, 4) is 0 Å². The van der Waals surface area contributed by atoms with E-state index in [0.29, 0.717) is 12.2 Å². The van der Waals surface area contributed by atoms with Crippen molar-refractivity contribution < 1.29 is 0 Å². The van der Waals surface area contributed by atoms with Gasteiger partial charge in [-0.25, -0.2) is 0 Å². The topological polar surface area (TPSA) is 6.48 Å². The van der Waals surface area contributed by atoms with Crippen molar-refractivity contribution in [2.24, 2.45) is 0 Å². The molecule has 1 unspecified atom stereocenters. The van der Waals surface area contributed by atoms with E-state index in [4.69, 9.17) is 0 Å². The number of hydrogen-bond donors (Lipinski definition) is 0. The Labute approximate surface area is 120 Å². The number of nitrogens with zero attached hydrogens (tertiary/aromatic N) is 2. The third-order valence-electron chi connectivity index (χ3n) is 4.09. The van der Waals surface area contributed by atoms with E-state index in [1.165, 1.54) is 57.9 Å². The van der Waals surface area contributed by atoms with Crippen LogP contribution in [0.4, 0.5) is 0 Å². The van der Waals surface area contributed by atoms with Gasteiger partial charge in [-0.2, -0.15) is 0 Å². The van der Waals surface area contributed by atoms with E-state index >= 15 is 0 Å². The molecule has 0 saturated heterocycles. The summed E-state index contributed by atoms with van der Waals surface area (Å²) in [5, 5.41) is 0. The number of unbranched alkanes of at least 4 members (excludes halogenated alkanes) is 5. The first kappa shape index (κ1) is 16.4. The minimum absolute atomic E-state index is 0.614. The van der Waals surface area contributed by atoms with E-state index in [1.807, 2.05) is 0 Å². The van der Waals surface area contributed by atoms with Crippen molar-refractivity contribution in [3.63, 3.8) is 0 Å². The van der Waals surface area contributed by atoms with Gasteiger partial charge in [0.05, 0.1) is 0 Å². The van der Waals surface area contributed by atoms with Crippen LogP contribution in [0.2, 0.25) is 0 Å². The maximum Gasteiger partial charge on any atom is 0.101 e. The average molecular weight is 266 g/mol. The molecule has 1 rings (SSSR count). The van der Waals surface area contributed by atoms with Gasteiger partial charge in [0.15, 0.2) is 0 Å². The quantitative estimate of drug-likeness (QED) is 0.515. The van der Waals surface area contributed by atoms with Crippen molar-refractivity contribution in [2.75, 3.05) is 6.54 Å². The molecule has 1 aliphatic heterocycles. The lowest BCUT2D eigenvalue weighted by Gasteiger charge is -2.35. The molecule has 2 heteroatoms. The van der Waals surface area contributed by atoms with E-state index in [0.717, 1.165) is 0 Å². The number of hydrogen-bond acceptors (Lipinski definition) is 2. The second-order valence-electron chi connectivity index (χ2n) is 6.11. The fraction of sp³-hybridized carbons (Fsp3) is 0.882. The Bertz CT molecular complexity index is 248. The molecular formula is C17H34N2. The molecule has 0 N–H and O–H groups in total. The third kappa shape index (κ3) is 5.46. The Hall–Kier alpha value is -0.660. The van der Waals surface area contributed by atoms with E-state index < -0.39 is 0 Å². The van der Waals surface area contributed by atoms with E-state index in [1.54, 1.807) is 0 Å². The van der Waals surface area contributed by atoms with Crippen molar-refractivity contribution in [3.05, 3.63) is 12.4 Å². The summed E-state index contributed by atoms with van der Waals surface area (Å²) >= 11 is 0. The Morgan fingerprint density at radius 3 is 2.21 bits per heavy atom. The van der Waals surface area contributed by atoms with Gasteiger partial charge in [-0.15, -0.1) is 0 Å². The van der Waals surface area contributed by atoms with E-state index in [9.17, 15) is 0 Å². The molecule has 0 aromatic carbocycles. The molecule has 0 bridgehead atoms. The van der Waals surface area contributed by atoms with Crippen LogP contribution in [0.1, 0.15) is 79.1 Å².